The van der Waals surface area contributed by atoms with E-state index in [1.807, 2.05) is 0 Å². The van der Waals surface area contributed by atoms with E-state index in [2.05, 4.69) is 4.99 Å². The first kappa shape index (κ1) is 12.0. The van der Waals surface area contributed by atoms with Gasteiger partial charge in [-0.1, -0.05) is 0 Å². The number of hydrogen-bond donors (Lipinski definition) is 1. The van der Waals surface area contributed by atoms with Crippen LogP contribution in [0.15, 0.2) is 23.2 Å². The highest BCUT2D eigenvalue weighted by atomic mass is 32.2. The number of rotatable bonds is 3. The lowest BCUT2D eigenvalue weighted by molar-refractivity contribution is -0.118. The molecule has 0 aromatic heterocycles. The number of primary amides is 1. The number of nitrogens with zero attached hydrogens (tertiary/aromatic N) is 1. The van der Waals surface area contributed by atoms with Crippen LogP contribution in [0.5, 0.6) is 0 Å². The van der Waals surface area contributed by atoms with Crippen molar-refractivity contribution in [2.75, 3.05) is 5.75 Å². The largest absolute Gasteiger partial charge is 0.368 e. The van der Waals surface area contributed by atoms with Crippen LogP contribution >= 0.6 is 11.8 Å². The fourth-order valence-electron chi connectivity index (χ4n) is 1.55. The zero-order chi connectivity index (χ0) is 12.4. The minimum absolute atomic E-state index is 0.323. The number of amides is 1. The Morgan fingerprint density at radius 3 is 2.59 bits per heavy atom. The fourth-order valence-corrected chi connectivity index (χ4v) is 2.61. The first-order valence-electron chi connectivity index (χ1n) is 4.98. The molecule has 0 saturated carbocycles. The van der Waals surface area contributed by atoms with Crippen molar-refractivity contribution in [3.05, 3.63) is 35.4 Å². The molecule has 1 atom stereocenters. The normalized spacial score (nSPS) is 19.2. The smallest absolute Gasteiger partial charge is 0.243 e. The number of thioether (sulfide) groups is 1. The van der Waals surface area contributed by atoms with Crippen molar-refractivity contribution in [2.45, 2.75) is 12.5 Å². The van der Waals surface area contributed by atoms with E-state index in [1.54, 1.807) is 0 Å². The van der Waals surface area contributed by atoms with Crippen molar-refractivity contribution in [3.8, 4) is 0 Å². The molecule has 0 radical (unpaired) electrons. The third-order valence-corrected chi connectivity index (χ3v) is 3.38. The molecule has 0 spiro atoms. The van der Waals surface area contributed by atoms with Crippen LogP contribution in [0.25, 0.3) is 0 Å². The number of halogens is 2. The molecule has 0 saturated heterocycles. The Labute approximate surface area is 101 Å². The maximum absolute atomic E-state index is 12.9. The summed E-state index contributed by atoms with van der Waals surface area (Å²) >= 11 is 1.39. The van der Waals surface area contributed by atoms with E-state index in [4.69, 9.17) is 5.73 Å². The van der Waals surface area contributed by atoms with Crippen molar-refractivity contribution in [1.29, 1.82) is 0 Å². The lowest BCUT2D eigenvalue weighted by atomic mass is 10.1. The topological polar surface area (TPSA) is 55.5 Å². The van der Waals surface area contributed by atoms with E-state index in [0.717, 1.165) is 6.07 Å². The van der Waals surface area contributed by atoms with E-state index in [1.165, 1.54) is 23.9 Å². The molecule has 1 aliphatic heterocycles. The predicted molar refractivity (Wildman–Crippen MR) is 62.9 cm³/mol. The second-order valence-corrected chi connectivity index (χ2v) is 4.80. The summed E-state index contributed by atoms with van der Waals surface area (Å²) in [6.07, 6.45) is 0.323. The van der Waals surface area contributed by atoms with Crippen molar-refractivity contribution >= 4 is 22.7 Å². The van der Waals surface area contributed by atoms with Crippen molar-refractivity contribution in [1.82, 2.24) is 0 Å². The molecule has 1 aromatic carbocycles. The summed E-state index contributed by atoms with van der Waals surface area (Å²) in [5.41, 5.74) is 5.62. The van der Waals surface area contributed by atoms with Crippen LogP contribution in [-0.4, -0.2) is 22.7 Å². The van der Waals surface area contributed by atoms with Gasteiger partial charge in [-0.3, -0.25) is 9.79 Å². The third-order valence-electron chi connectivity index (χ3n) is 2.31. The number of aliphatic imine (C=N–C) groups is 1. The SMILES string of the molecule is NC(=O)C1CSC(Cc2cc(F)cc(F)c2)=N1. The van der Waals surface area contributed by atoms with Gasteiger partial charge in [-0.25, -0.2) is 8.78 Å². The molecule has 17 heavy (non-hydrogen) atoms. The number of carbonyl (C=O) groups is 1. The molecule has 1 aliphatic rings. The second-order valence-electron chi connectivity index (χ2n) is 3.71. The molecular formula is C11H10F2N2OS. The predicted octanol–water partition coefficient (Wildman–Crippen LogP) is 1.51. The molecule has 1 heterocycles. The first-order chi connectivity index (χ1) is 8.04. The summed E-state index contributed by atoms with van der Waals surface area (Å²) in [6, 6.07) is 2.81. The summed E-state index contributed by atoms with van der Waals surface area (Å²) in [5.74, 6) is -1.20. The fraction of sp³-hybridized carbons (Fsp3) is 0.273. The highest BCUT2D eigenvalue weighted by molar-refractivity contribution is 8.14. The van der Waals surface area contributed by atoms with Gasteiger partial charge < -0.3 is 5.73 Å². The molecule has 0 aliphatic carbocycles. The molecule has 1 amide bonds. The molecule has 3 nitrogen and oxygen atoms in total. The molecule has 2 N–H and O–H groups in total. The Morgan fingerprint density at radius 2 is 2.06 bits per heavy atom. The van der Waals surface area contributed by atoms with Gasteiger partial charge in [0.2, 0.25) is 5.91 Å². The van der Waals surface area contributed by atoms with Crippen LogP contribution in [-0.2, 0) is 11.2 Å². The molecular weight excluding hydrogens is 246 g/mol. The number of carbonyl (C=O) groups excluding carboxylic acids is 1. The second kappa shape index (κ2) is 4.83. The minimum atomic E-state index is -0.616. The van der Waals surface area contributed by atoms with Gasteiger partial charge in [-0.05, 0) is 17.7 Å². The van der Waals surface area contributed by atoms with E-state index in [-0.39, 0.29) is 0 Å². The molecule has 1 aromatic rings. The van der Waals surface area contributed by atoms with Gasteiger partial charge in [-0.15, -0.1) is 11.8 Å². The van der Waals surface area contributed by atoms with Gasteiger partial charge in [0.25, 0.3) is 0 Å². The first-order valence-corrected chi connectivity index (χ1v) is 5.97. The Balaban J connectivity index is 2.11. The van der Waals surface area contributed by atoms with E-state index in [9.17, 15) is 13.6 Å². The zero-order valence-corrected chi connectivity index (χ0v) is 9.64. The van der Waals surface area contributed by atoms with Crippen LogP contribution in [0.2, 0.25) is 0 Å². The molecule has 6 heteroatoms. The Hall–Kier alpha value is -1.43. The van der Waals surface area contributed by atoms with E-state index in [0.29, 0.717) is 22.8 Å². The van der Waals surface area contributed by atoms with Crippen LogP contribution in [0.3, 0.4) is 0 Å². The molecule has 90 valence electrons. The van der Waals surface area contributed by atoms with Gasteiger partial charge in [0.1, 0.15) is 17.7 Å². The minimum Gasteiger partial charge on any atom is -0.368 e. The van der Waals surface area contributed by atoms with Crippen molar-refractivity contribution < 1.29 is 13.6 Å². The lowest BCUT2D eigenvalue weighted by Gasteiger charge is -2.01. The van der Waals surface area contributed by atoms with E-state index >= 15 is 0 Å². The van der Waals surface area contributed by atoms with Gasteiger partial charge in [-0.2, -0.15) is 0 Å². The Morgan fingerprint density at radius 1 is 1.41 bits per heavy atom. The maximum atomic E-state index is 12.9. The molecule has 2 rings (SSSR count). The molecule has 0 fully saturated rings. The standard InChI is InChI=1S/C11H10F2N2OS/c12-7-1-6(2-8(13)4-7)3-10-15-9(5-17-10)11(14)16/h1-2,4,9H,3,5H2,(H2,14,16). The Kier molecular flexibility index (Phi) is 3.42. The van der Waals surface area contributed by atoms with E-state index < -0.39 is 23.6 Å². The molecule has 1 unspecified atom stereocenters. The number of benzene rings is 1. The third kappa shape index (κ3) is 3.03. The number of hydrogen-bond acceptors (Lipinski definition) is 3. The molecule has 0 bridgehead atoms. The number of nitrogens with two attached hydrogens (primary N) is 1. The van der Waals surface area contributed by atoms with Crippen molar-refractivity contribution in [2.24, 2.45) is 10.7 Å². The van der Waals surface area contributed by atoms with Gasteiger partial charge in [0, 0.05) is 18.2 Å². The summed E-state index contributed by atoms with van der Waals surface area (Å²) < 4.78 is 25.9. The summed E-state index contributed by atoms with van der Waals surface area (Å²) in [4.78, 5) is 15.0. The highest BCUT2D eigenvalue weighted by Gasteiger charge is 2.22. The zero-order valence-electron chi connectivity index (χ0n) is 8.82. The van der Waals surface area contributed by atoms with Gasteiger partial charge >= 0.3 is 0 Å². The summed E-state index contributed by atoms with van der Waals surface area (Å²) in [7, 11) is 0. The highest BCUT2D eigenvalue weighted by Crippen LogP contribution is 2.21. The van der Waals surface area contributed by atoms with Crippen molar-refractivity contribution in [3.63, 3.8) is 0 Å². The van der Waals surface area contributed by atoms with Gasteiger partial charge in [0.15, 0.2) is 0 Å². The Bertz CT molecular complexity index is 470. The summed E-state index contributed by atoms with van der Waals surface area (Å²) in [6.45, 7) is 0. The van der Waals surface area contributed by atoms with Crippen LogP contribution in [0, 0.1) is 11.6 Å². The van der Waals surface area contributed by atoms with Crippen LogP contribution in [0.1, 0.15) is 5.56 Å². The summed E-state index contributed by atoms with van der Waals surface area (Å²) in [5, 5.41) is 0.679. The van der Waals surface area contributed by atoms with Crippen LogP contribution < -0.4 is 5.73 Å². The quantitative estimate of drug-likeness (QED) is 0.891. The average Bonchev–Trinajstić information content (AvgIpc) is 2.64. The lowest BCUT2D eigenvalue weighted by Crippen LogP contribution is -2.26. The average molecular weight is 256 g/mol. The maximum Gasteiger partial charge on any atom is 0.243 e. The van der Waals surface area contributed by atoms with Gasteiger partial charge in [0.05, 0.1) is 5.04 Å². The monoisotopic (exact) mass is 256 g/mol. The van der Waals surface area contributed by atoms with Crippen LogP contribution in [0.4, 0.5) is 8.78 Å².